The van der Waals surface area contributed by atoms with Crippen molar-refractivity contribution in [3.8, 4) is 0 Å². The van der Waals surface area contributed by atoms with Gasteiger partial charge in [-0.1, -0.05) is 17.7 Å². The summed E-state index contributed by atoms with van der Waals surface area (Å²) in [4.78, 5) is 12.0. The Labute approximate surface area is 116 Å². The largest absolute Gasteiger partial charge is 0.398 e. The first-order chi connectivity index (χ1) is 9.08. The smallest absolute Gasteiger partial charge is 0.254 e. The van der Waals surface area contributed by atoms with Crippen LogP contribution in [0.1, 0.15) is 16.1 Å². The third-order valence-electron chi connectivity index (χ3n) is 2.71. The van der Waals surface area contributed by atoms with Crippen molar-refractivity contribution >= 4 is 23.2 Å². The lowest BCUT2D eigenvalue weighted by Crippen LogP contribution is -2.27. The van der Waals surface area contributed by atoms with E-state index >= 15 is 0 Å². The number of nitrogen functional groups attached to an aromatic ring is 1. The SMILES string of the molecule is Cn1ccc(CCNC(=O)c2c(N)cccc2Cl)n1. The molecule has 0 unspecified atom stereocenters. The number of aromatic nitrogens is 2. The van der Waals surface area contributed by atoms with Crippen LogP contribution in [0.3, 0.4) is 0 Å². The third-order valence-corrected chi connectivity index (χ3v) is 3.02. The van der Waals surface area contributed by atoms with E-state index in [1.165, 1.54) is 0 Å². The number of carbonyl (C=O) groups excluding carboxylic acids is 1. The highest BCUT2D eigenvalue weighted by molar-refractivity contribution is 6.34. The lowest BCUT2D eigenvalue weighted by Gasteiger charge is -2.08. The Morgan fingerprint density at radius 3 is 2.89 bits per heavy atom. The van der Waals surface area contributed by atoms with E-state index in [2.05, 4.69) is 10.4 Å². The lowest BCUT2D eigenvalue weighted by molar-refractivity contribution is 0.0955. The summed E-state index contributed by atoms with van der Waals surface area (Å²) in [5, 5.41) is 7.37. The summed E-state index contributed by atoms with van der Waals surface area (Å²) in [6.07, 6.45) is 2.53. The first-order valence-corrected chi connectivity index (χ1v) is 6.26. The summed E-state index contributed by atoms with van der Waals surface area (Å²) in [5.74, 6) is -0.265. The Morgan fingerprint density at radius 1 is 1.47 bits per heavy atom. The topological polar surface area (TPSA) is 72.9 Å². The van der Waals surface area contributed by atoms with Gasteiger partial charge < -0.3 is 11.1 Å². The van der Waals surface area contributed by atoms with Crippen LogP contribution >= 0.6 is 11.6 Å². The van der Waals surface area contributed by atoms with Gasteiger partial charge in [0.2, 0.25) is 0 Å². The number of carbonyl (C=O) groups is 1. The predicted molar refractivity (Wildman–Crippen MR) is 75.1 cm³/mol. The van der Waals surface area contributed by atoms with Crippen molar-refractivity contribution < 1.29 is 4.79 Å². The zero-order chi connectivity index (χ0) is 13.8. The molecule has 0 saturated carbocycles. The summed E-state index contributed by atoms with van der Waals surface area (Å²) in [6, 6.07) is 6.92. The minimum absolute atomic E-state index is 0.265. The van der Waals surface area contributed by atoms with E-state index in [0.717, 1.165) is 5.69 Å². The molecular weight excluding hydrogens is 264 g/mol. The van der Waals surface area contributed by atoms with Crippen molar-refractivity contribution in [1.29, 1.82) is 0 Å². The second-order valence-corrected chi connectivity index (χ2v) is 4.60. The molecule has 0 atom stereocenters. The zero-order valence-corrected chi connectivity index (χ0v) is 11.3. The standard InChI is InChI=1S/C13H15ClN4O/c1-18-8-6-9(17-18)5-7-16-13(19)12-10(14)3-2-4-11(12)15/h2-4,6,8H,5,7,15H2,1H3,(H,16,19). The van der Waals surface area contributed by atoms with Crippen LogP contribution in [0.15, 0.2) is 30.5 Å². The quantitative estimate of drug-likeness (QED) is 0.835. The van der Waals surface area contributed by atoms with E-state index in [4.69, 9.17) is 17.3 Å². The summed E-state index contributed by atoms with van der Waals surface area (Å²) in [7, 11) is 1.85. The minimum Gasteiger partial charge on any atom is -0.398 e. The number of anilines is 1. The van der Waals surface area contributed by atoms with Crippen molar-refractivity contribution in [1.82, 2.24) is 15.1 Å². The van der Waals surface area contributed by atoms with E-state index in [1.54, 1.807) is 22.9 Å². The van der Waals surface area contributed by atoms with Crippen LogP contribution in [0.5, 0.6) is 0 Å². The molecule has 100 valence electrons. The molecule has 1 heterocycles. The highest BCUT2D eigenvalue weighted by atomic mass is 35.5. The summed E-state index contributed by atoms with van der Waals surface area (Å²) >= 11 is 5.97. The molecular formula is C13H15ClN4O. The number of rotatable bonds is 4. The van der Waals surface area contributed by atoms with Crippen LogP contribution in [0, 0.1) is 0 Å². The van der Waals surface area contributed by atoms with Gasteiger partial charge in [0.05, 0.1) is 16.3 Å². The summed E-state index contributed by atoms with van der Waals surface area (Å²) in [5.41, 5.74) is 7.38. The van der Waals surface area contributed by atoms with Crippen LogP contribution in [-0.4, -0.2) is 22.2 Å². The first kappa shape index (κ1) is 13.4. The van der Waals surface area contributed by atoms with Crippen LogP contribution < -0.4 is 11.1 Å². The van der Waals surface area contributed by atoms with Crippen LogP contribution in [0.25, 0.3) is 0 Å². The maximum Gasteiger partial charge on any atom is 0.254 e. The van der Waals surface area contributed by atoms with E-state index < -0.39 is 0 Å². The number of nitrogens with two attached hydrogens (primary N) is 1. The fourth-order valence-corrected chi connectivity index (χ4v) is 2.04. The highest BCUT2D eigenvalue weighted by Gasteiger charge is 2.13. The third kappa shape index (κ3) is 3.26. The molecule has 2 aromatic rings. The van der Waals surface area contributed by atoms with Crippen molar-refractivity contribution in [3.05, 3.63) is 46.7 Å². The molecule has 5 nitrogen and oxygen atoms in total. The van der Waals surface area contributed by atoms with Gasteiger partial charge in [-0.25, -0.2) is 0 Å². The van der Waals surface area contributed by atoms with E-state index in [1.807, 2.05) is 19.3 Å². The van der Waals surface area contributed by atoms with Gasteiger partial charge in [0, 0.05) is 31.9 Å². The predicted octanol–water partition coefficient (Wildman–Crippen LogP) is 1.63. The molecule has 1 aromatic heterocycles. The lowest BCUT2D eigenvalue weighted by atomic mass is 10.1. The number of aryl methyl sites for hydroxylation is 1. The molecule has 0 bridgehead atoms. The number of hydrogen-bond acceptors (Lipinski definition) is 3. The average molecular weight is 279 g/mol. The molecule has 2 rings (SSSR count). The van der Waals surface area contributed by atoms with Gasteiger partial charge in [-0.3, -0.25) is 9.48 Å². The van der Waals surface area contributed by atoms with Gasteiger partial charge in [-0.05, 0) is 18.2 Å². The summed E-state index contributed by atoms with van der Waals surface area (Å²) in [6.45, 7) is 0.487. The molecule has 0 aliphatic carbocycles. The van der Waals surface area contributed by atoms with E-state index in [9.17, 15) is 4.79 Å². The Bertz CT molecular complexity index is 574. The van der Waals surface area contributed by atoms with Crippen LogP contribution in [-0.2, 0) is 13.5 Å². The van der Waals surface area contributed by atoms with E-state index in [0.29, 0.717) is 29.2 Å². The molecule has 3 N–H and O–H groups in total. The maximum atomic E-state index is 12.0. The van der Waals surface area contributed by atoms with Gasteiger partial charge in [0.1, 0.15) is 0 Å². The first-order valence-electron chi connectivity index (χ1n) is 5.88. The summed E-state index contributed by atoms with van der Waals surface area (Å²) < 4.78 is 1.73. The molecule has 0 spiro atoms. The van der Waals surface area contributed by atoms with Crippen molar-refractivity contribution in [3.63, 3.8) is 0 Å². The van der Waals surface area contributed by atoms with Gasteiger partial charge in [0.25, 0.3) is 5.91 Å². The van der Waals surface area contributed by atoms with Crippen molar-refractivity contribution in [2.24, 2.45) is 7.05 Å². The van der Waals surface area contributed by atoms with Gasteiger partial charge in [-0.2, -0.15) is 5.10 Å². The monoisotopic (exact) mass is 278 g/mol. The number of halogens is 1. The van der Waals surface area contributed by atoms with Gasteiger partial charge in [-0.15, -0.1) is 0 Å². The normalized spacial score (nSPS) is 10.4. The number of benzene rings is 1. The second-order valence-electron chi connectivity index (χ2n) is 4.19. The van der Waals surface area contributed by atoms with E-state index in [-0.39, 0.29) is 5.91 Å². The Morgan fingerprint density at radius 2 is 2.26 bits per heavy atom. The number of nitrogens with one attached hydrogen (secondary N) is 1. The Balaban J connectivity index is 1.94. The average Bonchev–Trinajstić information content (AvgIpc) is 2.75. The zero-order valence-electron chi connectivity index (χ0n) is 10.6. The van der Waals surface area contributed by atoms with Gasteiger partial charge >= 0.3 is 0 Å². The fourth-order valence-electron chi connectivity index (χ4n) is 1.77. The minimum atomic E-state index is -0.265. The fraction of sp³-hybridized carbons (Fsp3) is 0.231. The molecule has 19 heavy (non-hydrogen) atoms. The second kappa shape index (κ2) is 5.75. The van der Waals surface area contributed by atoms with Crippen molar-refractivity contribution in [2.45, 2.75) is 6.42 Å². The number of amides is 1. The molecule has 0 fully saturated rings. The number of hydrogen-bond donors (Lipinski definition) is 2. The molecule has 0 radical (unpaired) electrons. The molecule has 1 aromatic carbocycles. The Kier molecular flexibility index (Phi) is 4.06. The number of nitrogens with zero attached hydrogens (tertiary/aromatic N) is 2. The highest BCUT2D eigenvalue weighted by Crippen LogP contribution is 2.21. The molecule has 6 heteroatoms. The van der Waals surface area contributed by atoms with Crippen LogP contribution in [0.4, 0.5) is 5.69 Å². The van der Waals surface area contributed by atoms with Gasteiger partial charge in [0.15, 0.2) is 0 Å². The Hall–Kier alpha value is -2.01. The molecule has 1 amide bonds. The van der Waals surface area contributed by atoms with Crippen LogP contribution in [0.2, 0.25) is 5.02 Å². The maximum absolute atomic E-state index is 12.0. The molecule has 0 aliphatic rings. The molecule has 0 aliphatic heterocycles. The van der Waals surface area contributed by atoms with Crippen molar-refractivity contribution in [2.75, 3.05) is 12.3 Å². The molecule has 0 saturated heterocycles.